The van der Waals surface area contributed by atoms with Gasteiger partial charge in [0.05, 0.1) is 18.4 Å². The molecular weight excluding hydrogens is 320 g/mol. The fourth-order valence-electron chi connectivity index (χ4n) is 2.57. The van der Waals surface area contributed by atoms with E-state index in [1.54, 1.807) is 4.68 Å². The lowest BCUT2D eigenvalue weighted by Gasteiger charge is -2.07. The Morgan fingerprint density at radius 1 is 1.28 bits per heavy atom. The first kappa shape index (κ1) is 15.4. The number of carbonyl (C=O) groups excluding carboxylic acids is 1. The van der Waals surface area contributed by atoms with Crippen molar-refractivity contribution in [3.05, 3.63) is 46.9 Å². The molecule has 0 aliphatic heterocycles. The number of hydrogen-bond donors (Lipinski definition) is 3. The summed E-state index contributed by atoms with van der Waals surface area (Å²) in [5, 5.41) is 10.4. The van der Waals surface area contributed by atoms with Crippen LogP contribution in [0, 0.1) is 5.92 Å². The number of para-hydroxylation sites is 1. The van der Waals surface area contributed by atoms with Crippen LogP contribution in [0.5, 0.6) is 0 Å². The quantitative estimate of drug-likeness (QED) is 0.623. The van der Waals surface area contributed by atoms with Crippen LogP contribution in [0.2, 0.25) is 0 Å². The fourth-order valence-corrected chi connectivity index (χ4v) is 2.57. The van der Waals surface area contributed by atoms with Crippen LogP contribution in [-0.2, 0) is 4.79 Å². The first-order chi connectivity index (χ1) is 12.2. The summed E-state index contributed by atoms with van der Waals surface area (Å²) in [6.45, 7) is 0.769. The van der Waals surface area contributed by atoms with Crippen LogP contribution in [0.15, 0.2) is 41.3 Å². The molecule has 3 aromatic rings. The maximum atomic E-state index is 12.2. The third-order valence-corrected chi connectivity index (χ3v) is 4.14. The highest BCUT2D eigenvalue weighted by Gasteiger charge is 2.21. The number of nitrogens with one attached hydrogen (secondary N) is 3. The molecule has 0 bridgehead atoms. The lowest BCUT2D eigenvalue weighted by Crippen LogP contribution is -2.32. The number of aromatic nitrogens is 4. The summed E-state index contributed by atoms with van der Waals surface area (Å²) in [4.78, 5) is 31.1. The summed E-state index contributed by atoms with van der Waals surface area (Å²) in [7, 11) is 0. The van der Waals surface area contributed by atoms with Crippen molar-refractivity contribution < 1.29 is 4.79 Å². The maximum Gasteiger partial charge on any atom is 0.263 e. The predicted molar refractivity (Wildman–Crippen MR) is 93.7 cm³/mol. The number of H-pyrrole nitrogens is 1. The van der Waals surface area contributed by atoms with Gasteiger partial charge in [-0.1, -0.05) is 18.2 Å². The van der Waals surface area contributed by atoms with E-state index in [1.807, 2.05) is 30.3 Å². The molecule has 0 spiro atoms. The van der Waals surface area contributed by atoms with Crippen molar-refractivity contribution in [2.45, 2.75) is 12.8 Å². The van der Waals surface area contributed by atoms with Crippen molar-refractivity contribution in [1.82, 2.24) is 25.1 Å². The van der Waals surface area contributed by atoms with Crippen molar-refractivity contribution in [1.29, 1.82) is 0 Å². The van der Waals surface area contributed by atoms with Gasteiger partial charge in [0.2, 0.25) is 11.9 Å². The minimum absolute atomic E-state index is 0.0562. The summed E-state index contributed by atoms with van der Waals surface area (Å²) < 4.78 is 1.60. The number of carbonyl (C=O) groups is 1. The van der Waals surface area contributed by atoms with E-state index in [1.165, 1.54) is 19.0 Å². The van der Waals surface area contributed by atoms with E-state index in [-0.39, 0.29) is 24.0 Å². The van der Waals surface area contributed by atoms with Crippen LogP contribution in [-0.4, -0.2) is 38.7 Å². The predicted octanol–water partition coefficient (Wildman–Crippen LogP) is 1.05. The lowest BCUT2D eigenvalue weighted by atomic mass is 10.3. The average molecular weight is 338 g/mol. The molecular formula is C17H18N6O2. The summed E-state index contributed by atoms with van der Waals surface area (Å²) in [6, 6.07) is 9.45. The minimum atomic E-state index is -0.298. The molecule has 1 saturated carbocycles. The van der Waals surface area contributed by atoms with Crippen LogP contribution in [0.4, 0.5) is 5.95 Å². The molecule has 128 valence electrons. The molecule has 4 rings (SSSR count). The maximum absolute atomic E-state index is 12.2. The normalized spacial score (nSPS) is 13.8. The number of rotatable bonds is 6. The van der Waals surface area contributed by atoms with Gasteiger partial charge in [-0.15, -0.1) is 0 Å². The zero-order valence-corrected chi connectivity index (χ0v) is 13.5. The van der Waals surface area contributed by atoms with Gasteiger partial charge in [-0.25, -0.2) is 4.68 Å². The van der Waals surface area contributed by atoms with Crippen molar-refractivity contribution in [2.75, 3.05) is 18.4 Å². The number of anilines is 1. The van der Waals surface area contributed by atoms with E-state index >= 15 is 0 Å². The third kappa shape index (κ3) is 3.37. The summed E-state index contributed by atoms with van der Waals surface area (Å²) >= 11 is 0. The van der Waals surface area contributed by atoms with Crippen LogP contribution < -0.4 is 16.2 Å². The first-order valence-electron chi connectivity index (χ1n) is 8.25. The zero-order chi connectivity index (χ0) is 17.2. The first-order valence-corrected chi connectivity index (χ1v) is 8.25. The number of amides is 1. The number of aromatic amines is 1. The van der Waals surface area contributed by atoms with Crippen LogP contribution >= 0.6 is 0 Å². The van der Waals surface area contributed by atoms with Gasteiger partial charge < -0.3 is 10.6 Å². The smallest absolute Gasteiger partial charge is 0.263 e. The Morgan fingerprint density at radius 2 is 2.08 bits per heavy atom. The molecule has 0 atom stereocenters. The van der Waals surface area contributed by atoms with Crippen LogP contribution in [0.3, 0.4) is 0 Å². The van der Waals surface area contributed by atoms with Gasteiger partial charge >= 0.3 is 0 Å². The van der Waals surface area contributed by atoms with E-state index in [2.05, 4.69) is 25.7 Å². The number of hydrogen-bond acceptors (Lipinski definition) is 5. The number of nitrogens with zero attached hydrogens (tertiary/aromatic N) is 3. The van der Waals surface area contributed by atoms with Crippen LogP contribution in [0.25, 0.3) is 16.7 Å². The summed E-state index contributed by atoms with van der Waals surface area (Å²) in [5.74, 6) is 0.751. The van der Waals surface area contributed by atoms with Crippen LogP contribution in [0.1, 0.15) is 12.8 Å². The van der Waals surface area contributed by atoms with Crippen molar-refractivity contribution >= 4 is 22.9 Å². The molecule has 1 amide bonds. The van der Waals surface area contributed by atoms with E-state index < -0.39 is 0 Å². The molecule has 0 saturated heterocycles. The number of fused-ring (bicyclic) bond motifs is 1. The Bertz CT molecular complexity index is 958. The fraction of sp³-hybridized carbons (Fsp3) is 0.294. The second-order valence-electron chi connectivity index (χ2n) is 6.14. The van der Waals surface area contributed by atoms with E-state index in [4.69, 9.17) is 0 Å². The van der Waals surface area contributed by atoms with E-state index in [0.29, 0.717) is 23.5 Å². The molecule has 1 fully saturated rings. The molecule has 2 aromatic heterocycles. The highest BCUT2D eigenvalue weighted by atomic mass is 16.2. The average Bonchev–Trinajstić information content (AvgIpc) is 3.36. The molecule has 1 aliphatic carbocycles. The lowest BCUT2D eigenvalue weighted by molar-refractivity contribution is -0.119. The van der Waals surface area contributed by atoms with Crippen molar-refractivity contribution in [3.8, 4) is 5.69 Å². The Balaban J connectivity index is 1.55. The SMILES string of the molecule is O=C(CNc1nc2c(cnn2-c2ccccc2)c(=O)[nH]1)NCC1CC1. The summed E-state index contributed by atoms with van der Waals surface area (Å²) in [5.41, 5.74) is 0.952. The molecule has 8 heteroatoms. The van der Waals surface area contributed by atoms with Crippen molar-refractivity contribution in [3.63, 3.8) is 0 Å². The minimum Gasteiger partial charge on any atom is -0.354 e. The Hall–Kier alpha value is -3.16. The molecule has 8 nitrogen and oxygen atoms in total. The second kappa shape index (κ2) is 6.39. The summed E-state index contributed by atoms with van der Waals surface area (Å²) in [6.07, 6.45) is 3.85. The number of benzene rings is 1. The Kier molecular flexibility index (Phi) is 3.93. The Morgan fingerprint density at radius 3 is 2.84 bits per heavy atom. The largest absolute Gasteiger partial charge is 0.354 e. The van der Waals surface area contributed by atoms with Gasteiger partial charge in [0, 0.05) is 6.54 Å². The standard InChI is InChI=1S/C17H18N6O2/c24-14(18-8-11-6-7-11)10-19-17-21-15-13(16(25)22-17)9-20-23(15)12-4-2-1-3-5-12/h1-5,9,11H,6-8,10H2,(H,18,24)(H2,19,21,22,25). The van der Waals surface area contributed by atoms with Gasteiger partial charge in [-0.05, 0) is 30.9 Å². The molecule has 0 unspecified atom stereocenters. The highest BCUT2D eigenvalue weighted by molar-refractivity contribution is 5.81. The molecule has 1 aliphatic rings. The van der Waals surface area contributed by atoms with E-state index in [0.717, 1.165) is 5.69 Å². The van der Waals surface area contributed by atoms with Gasteiger partial charge in [-0.3, -0.25) is 14.6 Å². The highest BCUT2D eigenvalue weighted by Crippen LogP contribution is 2.27. The molecule has 0 radical (unpaired) electrons. The van der Waals surface area contributed by atoms with E-state index in [9.17, 15) is 9.59 Å². The van der Waals surface area contributed by atoms with Gasteiger partial charge in [0.1, 0.15) is 5.39 Å². The molecule has 1 aromatic carbocycles. The zero-order valence-electron chi connectivity index (χ0n) is 13.5. The molecule has 2 heterocycles. The monoisotopic (exact) mass is 338 g/mol. The van der Waals surface area contributed by atoms with Gasteiger partial charge in [0.15, 0.2) is 5.65 Å². The molecule has 3 N–H and O–H groups in total. The third-order valence-electron chi connectivity index (χ3n) is 4.14. The van der Waals surface area contributed by atoms with Crippen molar-refractivity contribution in [2.24, 2.45) is 5.92 Å². The Labute approximate surface area is 143 Å². The second-order valence-corrected chi connectivity index (χ2v) is 6.14. The van der Waals surface area contributed by atoms with Gasteiger partial charge in [-0.2, -0.15) is 10.1 Å². The van der Waals surface area contributed by atoms with Gasteiger partial charge in [0.25, 0.3) is 5.56 Å². The molecule has 25 heavy (non-hydrogen) atoms. The topological polar surface area (TPSA) is 105 Å².